The molecular formula is C19H20ClN3O4. The predicted octanol–water partition coefficient (Wildman–Crippen LogP) is 3.45. The van der Waals surface area contributed by atoms with Crippen molar-refractivity contribution in [3.05, 3.63) is 45.7 Å². The van der Waals surface area contributed by atoms with E-state index in [-0.39, 0.29) is 11.6 Å². The fourth-order valence-electron chi connectivity index (χ4n) is 3.29. The van der Waals surface area contributed by atoms with Crippen LogP contribution in [0.2, 0.25) is 5.02 Å². The second kappa shape index (κ2) is 7.44. The van der Waals surface area contributed by atoms with Crippen molar-refractivity contribution in [3.63, 3.8) is 0 Å². The number of H-pyrrole nitrogens is 1. The summed E-state index contributed by atoms with van der Waals surface area (Å²) in [6.07, 6.45) is 1.32. The maximum atomic E-state index is 12.6. The van der Waals surface area contributed by atoms with Crippen molar-refractivity contribution in [1.82, 2.24) is 4.98 Å². The Morgan fingerprint density at radius 1 is 1.30 bits per heavy atom. The minimum Gasteiger partial charge on any atom is -0.465 e. The van der Waals surface area contributed by atoms with Gasteiger partial charge < -0.3 is 19.9 Å². The van der Waals surface area contributed by atoms with Crippen LogP contribution in [-0.4, -0.2) is 36.4 Å². The molecule has 1 saturated heterocycles. The molecule has 0 bridgehead atoms. The van der Waals surface area contributed by atoms with Crippen LogP contribution in [0.5, 0.6) is 0 Å². The molecule has 2 aromatic rings. The molecule has 8 heteroatoms. The Hall–Kier alpha value is -2.80. The van der Waals surface area contributed by atoms with Crippen LogP contribution in [0, 0.1) is 13.8 Å². The smallest absolute Gasteiger partial charge is 0.339 e. The summed E-state index contributed by atoms with van der Waals surface area (Å²) in [6.45, 7) is 4.02. The van der Waals surface area contributed by atoms with Gasteiger partial charge in [0.15, 0.2) is 0 Å². The number of benzene rings is 1. The molecule has 0 unspecified atom stereocenters. The molecule has 2 N–H and O–H groups in total. The molecule has 1 aliphatic rings. The highest BCUT2D eigenvalue weighted by Gasteiger charge is 2.25. The van der Waals surface area contributed by atoms with Crippen LogP contribution in [0.1, 0.15) is 44.9 Å². The summed E-state index contributed by atoms with van der Waals surface area (Å²) in [6, 6.07) is 5.01. The second-order valence-corrected chi connectivity index (χ2v) is 6.79. The number of carbonyl (C=O) groups excluding carboxylic acids is 3. The third-order valence-electron chi connectivity index (χ3n) is 4.62. The molecule has 0 spiro atoms. The van der Waals surface area contributed by atoms with Crippen molar-refractivity contribution in [1.29, 1.82) is 0 Å². The molecule has 1 aliphatic heterocycles. The van der Waals surface area contributed by atoms with Crippen LogP contribution in [0.4, 0.5) is 11.4 Å². The number of ether oxygens (including phenoxy) is 1. The van der Waals surface area contributed by atoms with Crippen LogP contribution >= 0.6 is 11.6 Å². The standard InChI is InChI=1S/C19H20ClN3O4/c1-10-16(19(26)27-3)11(2)21-17(10)18(25)22-12-6-7-14(13(20)9-12)23-8-4-5-15(23)24/h6-7,9,21H,4-5,8H2,1-3H3,(H,22,25). The van der Waals surface area contributed by atoms with Crippen LogP contribution < -0.4 is 10.2 Å². The molecule has 2 amide bonds. The van der Waals surface area contributed by atoms with Gasteiger partial charge in [-0.05, 0) is 44.0 Å². The van der Waals surface area contributed by atoms with Gasteiger partial charge in [0.25, 0.3) is 5.91 Å². The normalized spacial score (nSPS) is 13.8. The molecule has 0 aliphatic carbocycles. The zero-order valence-corrected chi connectivity index (χ0v) is 16.1. The van der Waals surface area contributed by atoms with Gasteiger partial charge in [-0.2, -0.15) is 0 Å². The minimum atomic E-state index is -0.497. The largest absolute Gasteiger partial charge is 0.465 e. The van der Waals surface area contributed by atoms with Gasteiger partial charge in [0.1, 0.15) is 5.69 Å². The third-order valence-corrected chi connectivity index (χ3v) is 4.93. The summed E-state index contributed by atoms with van der Waals surface area (Å²) >= 11 is 6.31. The number of nitrogens with zero attached hydrogens (tertiary/aromatic N) is 1. The van der Waals surface area contributed by atoms with Crippen molar-refractivity contribution in [2.75, 3.05) is 23.9 Å². The number of nitrogens with one attached hydrogen (secondary N) is 2. The highest BCUT2D eigenvalue weighted by Crippen LogP contribution is 2.32. The average molecular weight is 390 g/mol. The van der Waals surface area contributed by atoms with E-state index in [4.69, 9.17) is 16.3 Å². The van der Waals surface area contributed by atoms with Gasteiger partial charge in [-0.3, -0.25) is 9.59 Å². The first-order chi connectivity index (χ1) is 12.8. The highest BCUT2D eigenvalue weighted by atomic mass is 35.5. The number of amides is 2. The van der Waals surface area contributed by atoms with Crippen molar-refractivity contribution >= 4 is 40.8 Å². The Morgan fingerprint density at radius 3 is 2.63 bits per heavy atom. The highest BCUT2D eigenvalue weighted by molar-refractivity contribution is 6.34. The van der Waals surface area contributed by atoms with E-state index in [0.29, 0.717) is 46.2 Å². The predicted molar refractivity (Wildman–Crippen MR) is 103 cm³/mol. The van der Waals surface area contributed by atoms with Gasteiger partial charge in [-0.1, -0.05) is 11.6 Å². The first kappa shape index (κ1) is 19.0. The number of hydrogen-bond acceptors (Lipinski definition) is 4. The van der Waals surface area contributed by atoms with Crippen LogP contribution in [0.25, 0.3) is 0 Å². The topological polar surface area (TPSA) is 91.5 Å². The molecule has 1 aromatic carbocycles. The van der Waals surface area contributed by atoms with E-state index < -0.39 is 11.9 Å². The number of halogens is 1. The van der Waals surface area contributed by atoms with Crippen LogP contribution in [0.3, 0.4) is 0 Å². The maximum absolute atomic E-state index is 12.6. The molecule has 142 valence electrons. The first-order valence-electron chi connectivity index (χ1n) is 8.52. The van der Waals surface area contributed by atoms with E-state index in [1.54, 1.807) is 36.9 Å². The van der Waals surface area contributed by atoms with Gasteiger partial charge >= 0.3 is 5.97 Å². The SMILES string of the molecule is COC(=O)c1c(C)[nH]c(C(=O)Nc2ccc(N3CCCC3=O)c(Cl)c2)c1C. The van der Waals surface area contributed by atoms with Crippen LogP contribution in [0.15, 0.2) is 18.2 Å². The van der Waals surface area contributed by atoms with E-state index in [0.717, 1.165) is 6.42 Å². The average Bonchev–Trinajstić information content (AvgIpc) is 3.17. The molecule has 27 heavy (non-hydrogen) atoms. The summed E-state index contributed by atoms with van der Waals surface area (Å²) < 4.78 is 4.76. The number of carbonyl (C=O) groups is 3. The summed E-state index contributed by atoms with van der Waals surface area (Å²) in [5, 5.41) is 3.14. The molecule has 0 saturated carbocycles. The van der Waals surface area contributed by atoms with Crippen molar-refractivity contribution in [3.8, 4) is 0 Å². The molecule has 2 heterocycles. The quantitative estimate of drug-likeness (QED) is 0.783. The lowest BCUT2D eigenvalue weighted by atomic mass is 10.1. The Bertz CT molecular complexity index is 935. The van der Waals surface area contributed by atoms with E-state index in [9.17, 15) is 14.4 Å². The Labute approximate surface area is 161 Å². The lowest BCUT2D eigenvalue weighted by Gasteiger charge is -2.18. The Morgan fingerprint density at radius 2 is 2.04 bits per heavy atom. The number of aryl methyl sites for hydroxylation is 1. The summed E-state index contributed by atoms with van der Waals surface area (Å²) in [7, 11) is 1.29. The number of hydrogen-bond donors (Lipinski definition) is 2. The van der Waals surface area contributed by atoms with E-state index in [1.807, 2.05) is 0 Å². The second-order valence-electron chi connectivity index (χ2n) is 6.39. The molecule has 3 rings (SSSR count). The van der Waals surface area contributed by atoms with Gasteiger partial charge in [-0.25, -0.2) is 4.79 Å². The summed E-state index contributed by atoms with van der Waals surface area (Å²) in [4.78, 5) is 40.9. The van der Waals surface area contributed by atoms with E-state index in [2.05, 4.69) is 10.3 Å². The van der Waals surface area contributed by atoms with E-state index >= 15 is 0 Å². The fourth-order valence-corrected chi connectivity index (χ4v) is 3.57. The monoisotopic (exact) mass is 389 g/mol. The maximum Gasteiger partial charge on any atom is 0.339 e. The van der Waals surface area contributed by atoms with Crippen LogP contribution in [-0.2, 0) is 9.53 Å². The Balaban J connectivity index is 1.82. The zero-order chi connectivity index (χ0) is 19.7. The van der Waals surface area contributed by atoms with Gasteiger partial charge in [0.05, 0.1) is 23.4 Å². The summed E-state index contributed by atoms with van der Waals surface area (Å²) in [5.74, 6) is -0.851. The number of aromatic amines is 1. The van der Waals surface area contributed by atoms with Gasteiger partial charge in [-0.15, -0.1) is 0 Å². The number of rotatable bonds is 4. The number of methoxy groups -OCH3 is 1. The van der Waals surface area contributed by atoms with Crippen molar-refractivity contribution in [2.45, 2.75) is 26.7 Å². The van der Waals surface area contributed by atoms with Gasteiger partial charge in [0.2, 0.25) is 5.91 Å². The van der Waals surface area contributed by atoms with Crippen molar-refractivity contribution in [2.24, 2.45) is 0 Å². The first-order valence-corrected chi connectivity index (χ1v) is 8.90. The zero-order valence-electron chi connectivity index (χ0n) is 15.3. The number of anilines is 2. The molecule has 1 aromatic heterocycles. The number of aromatic nitrogens is 1. The van der Waals surface area contributed by atoms with Crippen molar-refractivity contribution < 1.29 is 19.1 Å². The molecule has 1 fully saturated rings. The molecular weight excluding hydrogens is 370 g/mol. The number of esters is 1. The fraction of sp³-hybridized carbons (Fsp3) is 0.316. The molecule has 7 nitrogen and oxygen atoms in total. The molecule has 0 radical (unpaired) electrons. The van der Waals surface area contributed by atoms with Gasteiger partial charge in [0, 0.05) is 24.3 Å². The summed E-state index contributed by atoms with van der Waals surface area (Å²) in [5.41, 5.74) is 2.84. The minimum absolute atomic E-state index is 0.0431. The Kier molecular flexibility index (Phi) is 5.23. The third kappa shape index (κ3) is 3.55. The van der Waals surface area contributed by atoms with E-state index in [1.165, 1.54) is 7.11 Å². The lowest BCUT2D eigenvalue weighted by Crippen LogP contribution is -2.24. The lowest BCUT2D eigenvalue weighted by molar-refractivity contribution is -0.117. The molecule has 0 atom stereocenters.